The molecule has 1 aromatic rings. The Kier molecular flexibility index (Phi) is 4.27. The van der Waals surface area contributed by atoms with Crippen molar-refractivity contribution in [3.63, 3.8) is 0 Å². The molecule has 1 N–H and O–H groups in total. The lowest BCUT2D eigenvalue weighted by Crippen LogP contribution is -2.42. The van der Waals surface area contributed by atoms with Gasteiger partial charge in [-0.3, -0.25) is 4.79 Å². The van der Waals surface area contributed by atoms with Gasteiger partial charge in [-0.2, -0.15) is 0 Å². The summed E-state index contributed by atoms with van der Waals surface area (Å²) in [6, 6.07) is 5.86. The van der Waals surface area contributed by atoms with Gasteiger partial charge in [-0.05, 0) is 56.0 Å². The standard InChI is InChI=1S/C15H18NO4/c1-10-5-3-6-11(2)14(10)20-9-13(17)16-8-4-7-12(16)15(18)19/h5-6,12H,4,7-9H2,1-2H3,(H,18,19)/t12-/m0/s1. The van der Waals surface area contributed by atoms with Crippen LogP contribution in [-0.2, 0) is 9.59 Å². The van der Waals surface area contributed by atoms with Crippen LogP contribution in [0.25, 0.3) is 0 Å². The molecule has 1 heterocycles. The quantitative estimate of drug-likeness (QED) is 0.906. The first-order valence-corrected chi connectivity index (χ1v) is 6.63. The van der Waals surface area contributed by atoms with Gasteiger partial charge in [-0.15, -0.1) is 0 Å². The lowest BCUT2D eigenvalue weighted by molar-refractivity contribution is -0.149. The Labute approximate surface area is 118 Å². The summed E-state index contributed by atoms with van der Waals surface area (Å²) in [5.41, 5.74) is 1.82. The molecule has 107 valence electrons. The smallest absolute Gasteiger partial charge is 0.326 e. The van der Waals surface area contributed by atoms with E-state index in [0.29, 0.717) is 18.7 Å². The van der Waals surface area contributed by atoms with Gasteiger partial charge in [0.05, 0.1) is 0 Å². The summed E-state index contributed by atoms with van der Waals surface area (Å²) in [5.74, 6) is -0.553. The van der Waals surface area contributed by atoms with Crippen molar-refractivity contribution in [2.45, 2.75) is 32.7 Å². The number of amides is 1. The molecule has 1 atom stereocenters. The van der Waals surface area contributed by atoms with Gasteiger partial charge in [0.1, 0.15) is 11.8 Å². The van der Waals surface area contributed by atoms with Crippen LogP contribution >= 0.6 is 0 Å². The Balaban J connectivity index is 2.00. The number of aryl methyl sites for hydroxylation is 2. The lowest BCUT2D eigenvalue weighted by atomic mass is 10.1. The number of benzene rings is 1. The molecule has 0 aromatic heterocycles. The molecule has 0 spiro atoms. The molecule has 0 saturated carbocycles. The molecule has 0 unspecified atom stereocenters. The molecule has 5 heteroatoms. The van der Waals surface area contributed by atoms with Gasteiger partial charge in [-0.1, -0.05) is 0 Å². The predicted molar refractivity (Wildman–Crippen MR) is 72.6 cm³/mol. The maximum Gasteiger partial charge on any atom is 0.326 e. The molecule has 1 saturated heterocycles. The first kappa shape index (κ1) is 14.4. The number of carboxylic acids is 1. The first-order chi connectivity index (χ1) is 9.50. The topological polar surface area (TPSA) is 66.8 Å². The van der Waals surface area contributed by atoms with Crippen LogP contribution in [0.2, 0.25) is 0 Å². The minimum absolute atomic E-state index is 0.129. The predicted octanol–water partition coefficient (Wildman–Crippen LogP) is 1.56. The molecular formula is C15H18NO4. The third-order valence-electron chi connectivity index (χ3n) is 3.51. The number of nitrogens with zero attached hydrogens (tertiary/aromatic N) is 1. The van der Waals surface area contributed by atoms with Gasteiger partial charge in [0, 0.05) is 6.54 Å². The molecule has 0 aliphatic carbocycles. The number of ether oxygens (including phenoxy) is 1. The highest BCUT2D eigenvalue weighted by Crippen LogP contribution is 2.23. The van der Waals surface area contributed by atoms with Crippen molar-refractivity contribution in [1.82, 2.24) is 4.90 Å². The minimum atomic E-state index is -0.947. The normalized spacial score (nSPS) is 18.1. The van der Waals surface area contributed by atoms with E-state index in [4.69, 9.17) is 9.84 Å². The highest BCUT2D eigenvalue weighted by molar-refractivity contribution is 5.85. The van der Waals surface area contributed by atoms with Gasteiger partial charge in [0.25, 0.3) is 5.91 Å². The van der Waals surface area contributed by atoms with E-state index < -0.39 is 12.0 Å². The number of hydrogen-bond acceptors (Lipinski definition) is 3. The average Bonchev–Trinajstić information content (AvgIpc) is 2.87. The maximum atomic E-state index is 12.1. The largest absolute Gasteiger partial charge is 0.483 e. The Morgan fingerprint density at radius 1 is 1.40 bits per heavy atom. The highest BCUT2D eigenvalue weighted by Gasteiger charge is 2.34. The fourth-order valence-electron chi connectivity index (χ4n) is 2.50. The summed E-state index contributed by atoms with van der Waals surface area (Å²) < 4.78 is 5.57. The van der Waals surface area contributed by atoms with Gasteiger partial charge in [-0.25, -0.2) is 4.79 Å². The Hall–Kier alpha value is -2.04. The second kappa shape index (κ2) is 5.94. The first-order valence-electron chi connectivity index (χ1n) is 6.63. The van der Waals surface area contributed by atoms with E-state index in [9.17, 15) is 9.59 Å². The number of hydrogen-bond donors (Lipinski definition) is 1. The van der Waals surface area contributed by atoms with E-state index in [1.165, 1.54) is 4.90 Å². The van der Waals surface area contributed by atoms with Crippen molar-refractivity contribution in [3.05, 3.63) is 29.3 Å². The highest BCUT2D eigenvalue weighted by atomic mass is 16.5. The molecule has 1 fully saturated rings. The monoisotopic (exact) mass is 276 g/mol. The van der Waals surface area contributed by atoms with E-state index in [1.54, 1.807) is 12.1 Å². The summed E-state index contributed by atoms with van der Waals surface area (Å²) in [7, 11) is 0. The van der Waals surface area contributed by atoms with Crippen LogP contribution in [0.1, 0.15) is 24.0 Å². The van der Waals surface area contributed by atoms with Crippen LogP contribution in [0.15, 0.2) is 12.1 Å². The van der Waals surface area contributed by atoms with E-state index in [2.05, 4.69) is 6.07 Å². The van der Waals surface area contributed by atoms with Crippen LogP contribution in [0, 0.1) is 19.9 Å². The second-order valence-corrected chi connectivity index (χ2v) is 5.02. The zero-order chi connectivity index (χ0) is 14.7. The number of aliphatic carboxylic acids is 1. The molecular weight excluding hydrogens is 258 g/mol. The molecule has 0 bridgehead atoms. The van der Waals surface area contributed by atoms with Crippen molar-refractivity contribution in [2.75, 3.05) is 13.2 Å². The van der Waals surface area contributed by atoms with Gasteiger partial charge in [0.2, 0.25) is 0 Å². The van der Waals surface area contributed by atoms with Crippen LogP contribution in [0.3, 0.4) is 0 Å². The van der Waals surface area contributed by atoms with Crippen LogP contribution < -0.4 is 4.74 Å². The maximum absolute atomic E-state index is 12.1. The Morgan fingerprint density at radius 2 is 2.05 bits per heavy atom. The molecule has 1 aromatic carbocycles. The van der Waals surface area contributed by atoms with E-state index >= 15 is 0 Å². The number of likely N-dealkylation sites (tertiary alicyclic amines) is 1. The molecule has 2 rings (SSSR count). The summed E-state index contributed by atoms with van der Waals surface area (Å²) >= 11 is 0. The van der Waals surface area contributed by atoms with Crippen LogP contribution in [0.5, 0.6) is 5.75 Å². The van der Waals surface area contributed by atoms with Crippen molar-refractivity contribution >= 4 is 11.9 Å². The van der Waals surface area contributed by atoms with Gasteiger partial charge in [0.15, 0.2) is 6.61 Å². The zero-order valence-electron chi connectivity index (χ0n) is 11.7. The van der Waals surface area contributed by atoms with Crippen molar-refractivity contribution in [1.29, 1.82) is 0 Å². The number of carbonyl (C=O) groups is 2. The van der Waals surface area contributed by atoms with Crippen LogP contribution in [0.4, 0.5) is 0 Å². The molecule has 1 amide bonds. The molecule has 5 nitrogen and oxygen atoms in total. The summed E-state index contributed by atoms with van der Waals surface area (Å²) in [5, 5.41) is 9.07. The van der Waals surface area contributed by atoms with E-state index in [1.807, 2.05) is 13.8 Å². The number of rotatable bonds is 4. The Morgan fingerprint density at radius 3 is 2.65 bits per heavy atom. The fourth-order valence-corrected chi connectivity index (χ4v) is 2.50. The molecule has 1 radical (unpaired) electrons. The van der Waals surface area contributed by atoms with Crippen molar-refractivity contribution < 1.29 is 19.4 Å². The molecule has 1 aliphatic heterocycles. The summed E-state index contributed by atoms with van der Waals surface area (Å²) in [6.07, 6.45) is 1.24. The third kappa shape index (κ3) is 2.92. The second-order valence-electron chi connectivity index (χ2n) is 5.02. The number of carboxylic acid groups (broad SMARTS) is 1. The van der Waals surface area contributed by atoms with Crippen molar-refractivity contribution in [2.24, 2.45) is 0 Å². The van der Waals surface area contributed by atoms with Crippen molar-refractivity contribution in [3.8, 4) is 5.75 Å². The third-order valence-corrected chi connectivity index (χ3v) is 3.51. The molecule has 1 aliphatic rings. The lowest BCUT2D eigenvalue weighted by Gasteiger charge is -2.22. The molecule has 20 heavy (non-hydrogen) atoms. The van der Waals surface area contributed by atoms with Gasteiger partial charge < -0.3 is 14.7 Å². The SMILES string of the molecule is Cc1c[c]cc(C)c1OCC(=O)N1CCC[C@H]1C(=O)O. The Bertz CT molecular complexity index is 506. The fraction of sp³-hybridized carbons (Fsp3) is 0.467. The number of carbonyl (C=O) groups excluding carboxylic acids is 1. The van der Waals surface area contributed by atoms with Gasteiger partial charge >= 0.3 is 5.97 Å². The average molecular weight is 276 g/mol. The summed E-state index contributed by atoms with van der Waals surface area (Å²) in [6.45, 7) is 4.13. The van der Waals surface area contributed by atoms with E-state index in [-0.39, 0.29) is 12.5 Å². The zero-order valence-corrected chi connectivity index (χ0v) is 11.7. The van der Waals surface area contributed by atoms with Crippen LogP contribution in [-0.4, -0.2) is 41.1 Å². The van der Waals surface area contributed by atoms with E-state index in [0.717, 1.165) is 17.5 Å². The summed E-state index contributed by atoms with van der Waals surface area (Å²) in [4.78, 5) is 24.5. The minimum Gasteiger partial charge on any atom is -0.483 e.